The fourth-order valence-corrected chi connectivity index (χ4v) is 6.01. The number of hydrogen-bond donors (Lipinski definition) is 1. The Morgan fingerprint density at radius 1 is 0.939 bits per heavy atom. The predicted molar refractivity (Wildman–Crippen MR) is 120 cm³/mol. The van der Waals surface area contributed by atoms with Crippen LogP contribution in [0.4, 0.5) is 5.69 Å². The summed E-state index contributed by atoms with van der Waals surface area (Å²) in [6.45, 7) is 0.0612. The molecule has 2 saturated carbocycles. The van der Waals surface area contributed by atoms with Gasteiger partial charge in [-0.2, -0.15) is 0 Å². The second-order valence-electron chi connectivity index (χ2n) is 9.22. The van der Waals surface area contributed by atoms with Crippen LogP contribution in [0, 0.1) is 35.5 Å². The summed E-state index contributed by atoms with van der Waals surface area (Å²) in [4.78, 5) is 27.8. The molecule has 1 saturated heterocycles. The lowest BCUT2D eigenvalue weighted by atomic mass is 9.63. The number of amides is 2. The first-order valence-electron chi connectivity index (χ1n) is 11.2. The van der Waals surface area contributed by atoms with E-state index in [1.165, 1.54) is 4.90 Å². The van der Waals surface area contributed by atoms with Gasteiger partial charge >= 0.3 is 0 Å². The summed E-state index contributed by atoms with van der Waals surface area (Å²) < 4.78 is 10.9. The molecule has 2 amide bonds. The summed E-state index contributed by atoms with van der Waals surface area (Å²) in [5, 5.41) is 12.7. The van der Waals surface area contributed by atoms with Gasteiger partial charge in [0.15, 0.2) is 0 Å². The molecule has 33 heavy (non-hydrogen) atoms. The Hall–Kier alpha value is -3.61. The molecule has 1 aliphatic heterocycles. The number of nitrogens with zero attached hydrogens (tertiary/aromatic N) is 2. The summed E-state index contributed by atoms with van der Waals surface area (Å²) in [5.74, 6) is 2.29. The third kappa shape index (κ3) is 3.06. The van der Waals surface area contributed by atoms with E-state index >= 15 is 0 Å². The number of oxime groups is 1. The van der Waals surface area contributed by atoms with E-state index in [0.717, 1.165) is 6.42 Å². The van der Waals surface area contributed by atoms with E-state index in [4.69, 9.17) is 9.47 Å². The maximum atomic E-state index is 13.2. The zero-order valence-electron chi connectivity index (χ0n) is 18.1. The molecule has 7 heteroatoms. The SMILES string of the molecule is COc1ccc(/C(COc2ccc(N3C(=O)C4C(C3=O)[C@H]3C=CC4[C@@H]4CC34)cc2)=N\O)cc1. The highest BCUT2D eigenvalue weighted by Gasteiger charge is 2.67. The first-order chi connectivity index (χ1) is 16.1. The van der Waals surface area contributed by atoms with Crippen molar-refractivity contribution in [1.29, 1.82) is 0 Å². The normalized spacial score (nSPS) is 31.4. The number of rotatable bonds is 6. The minimum Gasteiger partial charge on any atom is -0.497 e. The van der Waals surface area contributed by atoms with Crippen LogP contribution < -0.4 is 14.4 Å². The van der Waals surface area contributed by atoms with Gasteiger partial charge in [-0.1, -0.05) is 17.3 Å². The van der Waals surface area contributed by atoms with Crippen LogP contribution in [0.3, 0.4) is 0 Å². The minimum atomic E-state index is -0.208. The Kier molecular flexibility index (Phi) is 4.54. The molecule has 7 nitrogen and oxygen atoms in total. The summed E-state index contributed by atoms with van der Waals surface area (Å²) in [5.41, 5.74) is 1.66. The molecule has 0 radical (unpaired) electrons. The Morgan fingerprint density at radius 2 is 1.52 bits per heavy atom. The molecule has 3 fully saturated rings. The largest absolute Gasteiger partial charge is 0.497 e. The quantitative estimate of drug-likeness (QED) is 0.242. The van der Waals surface area contributed by atoms with Gasteiger partial charge in [0.05, 0.1) is 24.6 Å². The summed E-state index contributed by atoms with van der Waals surface area (Å²) >= 11 is 0. The van der Waals surface area contributed by atoms with Gasteiger partial charge < -0.3 is 14.7 Å². The van der Waals surface area contributed by atoms with E-state index in [1.54, 1.807) is 55.6 Å². The molecule has 168 valence electrons. The highest BCUT2D eigenvalue weighted by atomic mass is 16.5. The van der Waals surface area contributed by atoms with Gasteiger partial charge in [-0.3, -0.25) is 14.5 Å². The van der Waals surface area contributed by atoms with Gasteiger partial charge in [-0.15, -0.1) is 0 Å². The van der Waals surface area contributed by atoms with E-state index in [-0.39, 0.29) is 42.1 Å². The van der Waals surface area contributed by atoms with Crippen molar-refractivity contribution >= 4 is 23.2 Å². The average molecular weight is 444 g/mol. The molecule has 2 aromatic carbocycles. The fraction of sp³-hybridized carbons (Fsp3) is 0.346. The van der Waals surface area contributed by atoms with Gasteiger partial charge in [-0.25, -0.2) is 0 Å². The van der Waals surface area contributed by atoms with Gasteiger partial charge in [0.25, 0.3) is 0 Å². The summed E-state index contributed by atoms with van der Waals surface area (Å²) in [7, 11) is 1.59. The monoisotopic (exact) mass is 444 g/mol. The molecule has 4 aliphatic carbocycles. The van der Waals surface area contributed by atoms with Crippen LogP contribution in [-0.4, -0.2) is 36.4 Å². The molecular weight excluding hydrogens is 420 g/mol. The molecule has 1 heterocycles. The number of benzene rings is 2. The maximum Gasteiger partial charge on any atom is 0.238 e. The van der Waals surface area contributed by atoms with Gasteiger partial charge in [0.1, 0.15) is 23.8 Å². The molecule has 6 atom stereocenters. The number of anilines is 1. The zero-order chi connectivity index (χ0) is 22.7. The average Bonchev–Trinajstić information content (AvgIpc) is 3.63. The Morgan fingerprint density at radius 3 is 2.06 bits per heavy atom. The first kappa shape index (κ1) is 20.0. The van der Waals surface area contributed by atoms with Crippen LogP contribution in [0.25, 0.3) is 0 Å². The molecular formula is C26H24N2O5. The zero-order valence-corrected chi connectivity index (χ0v) is 18.1. The Labute approximate surface area is 191 Å². The van der Waals surface area contributed by atoms with E-state index < -0.39 is 0 Å². The molecule has 0 aromatic heterocycles. The lowest BCUT2D eigenvalue weighted by Gasteiger charge is -2.37. The van der Waals surface area contributed by atoms with Crippen molar-refractivity contribution in [2.24, 2.45) is 40.7 Å². The third-order valence-corrected chi connectivity index (χ3v) is 7.68. The smallest absolute Gasteiger partial charge is 0.238 e. The molecule has 1 N–H and O–H groups in total. The van der Waals surface area contributed by atoms with Crippen molar-refractivity contribution in [3.8, 4) is 11.5 Å². The van der Waals surface area contributed by atoms with E-state index in [9.17, 15) is 14.8 Å². The highest BCUT2D eigenvalue weighted by Crippen LogP contribution is 2.65. The highest BCUT2D eigenvalue weighted by molar-refractivity contribution is 6.22. The van der Waals surface area contributed by atoms with Crippen LogP contribution in [0.1, 0.15) is 12.0 Å². The molecule has 0 spiro atoms. The third-order valence-electron chi connectivity index (χ3n) is 7.68. The number of carbonyl (C=O) groups is 2. The van der Waals surface area contributed by atoms with Crippen molar-refractivity contribution in [2.75, 3.05) is 18.6 Å². The predicted octanol–water partition coefficient (Wildman–Crippen LogP) is 3.51. The fourth-order valence-electron chi connectivity index (χ4n) is 6.01. The Bertz CT molecular complexity index is 1130. The van der Waals surface area contributed by atoms with Crippen molar-refractivity contribution in [1.82, 2.24) is 0 Å². The van der Waals surface area contributed by atoms with E-state index in [1.807, 2.05) is 0 Å². The maximum absolute atomic E-state index is 13.2. The standard InChI is InChI=1S/C26H24N2O5/c1-32-16-6-2-14(3-7-16)22(27-31)13-33-17-8-4-15(5-9-17)28-25(29)23-18-10-11-19(21-12-20(18)21)24(23)26(28)30/h2-11,18-21,23-24,31H,12-13H2,1H3/b27-22-/t18-,19?,20?,21-,23?,24?/m0/s1. The van der Waals surface area contributed by atoms with Crippen molar-refractivity contribution in [3.63, 3.8) is 0 Å². The van der Waals surface area contributed by atoms with Gasteiger partial charge in [-0.05, 0) is 78.6 Å². The summed E-state index contributed by atoms with van der Waals surface area (Å²) in [6.07, 6.45) is 5.50. The molecule has 2 bridgehead atoms. The Balaban J connectivity index is 1.15. The van der Waals surface area contributed by atoms with E-state index in [0.29, 0.717) is 40.3 Å². The topological polar surface area (TPSA) is 88.4 Å². The second-order valence-corrected chi connectivity index (χ2v) is 9.22. The van der Waals surface area contributed by atoms with Gasteiger partial charge in [0.2, 0.25) is 11.8 Å². The molecule has 2 aromatic rings. The van der Waals surface area contributed by atoms with Crippen molar-refractivity contribution in [2.45, 2.75) is 6.42 Å². The number of imide groups is 1. The lowest BCUT2D eigenvalue weighted by Crippen LogP contribution is -2.40. The van der Waals surface area contributed by atoms with E-state index in [2.05, 4.69) is 17.3 Å². The van der Waals surface area contributed by atoms with Gasteiger partial charge in [0, 0.05) is 5.56 Å². The molecule has 4 unspecified atom stereocenters. The molecule has 7 rings (SSSR count). The summed E-state index contributed by atoms with van der Waals surface area (Å²) in [6, 6.07) is 14.1. The number of allylic oxidation sites excluding steroid dienone is 2. The van der Waals surface area contributed by atoms with Crippen LogP contribution in [0.15, 0.2) is 65.8 Å². The number of methoxy groups -OCH3 is 1. The van der Waals surface area contributed by atoms with Crippen LogP contribution in [0.5, 0.6) is 11.5 Å². The van der Waals surface area contributed by atoms with Crippen LogP contribution in [0.2, 0.25) is 0 Å². The number of hydrogen-bond acceptors (Lipinski definition) is 6. The second kappa shape index (κ2) is 7.47. The molecule has 5 aliphatic rings. The van der Waals surface area contributed by atoms with Crippen LogP contribution in [-0.2, 0) is 9.59 Å². The number of ether oxygens (including phenoxy) is 2. The van der Waals surface area contributed by atoms with Crippen LogP contribution >= 0.6 is 0 Å². The van der Waals surface area contributed by atoms with Crippen molar-refractivity contribution < 1.29 is 24.3 Å². The van der Waals surface area contributed by atoms with Crippen molar-refractivity contribution in [3.05, 3.63) is 66.2 Å². The first-order valence-corrected chi connectivity index (χ1v) is 11.2. The number of carbonyl (C=O) groups excluding carboxylic acids is 2. The lowest BCUT2D eigenvalue weighted by molar-refractivity contribution is -0.124. The minimum absolute atomic E-state index is 0.0612.